The maximum absolute atomic E-state index is 12.3. The van der Waals surface area contributed by atoms with E-state index in [1.165, 1.54) is 6.42 Å². The van der Waals surface area contributed by atoms with Gasteiger partial charge in [-0.15, -0.1) is 0 Å². The Morgan fingerprint density at radius 3 is 2.42 bits per heavy atom. The van der Waals surface area contributed by atoms with Gasteiger partial charge in [-0.2, -0.15) is 0 Å². The van der Waals surface area contributed by atoms with Gasteiger partial charge >= 0.3 is 6.09 Å². The molecule has 0 bridgehead atoms. The predicted octanol–water partition coefficient (Wildman–Crippen LogP) is 3.32. The fraction of sp³-hybridized carbons (Fsp3) is 0.857. The molecular weight excluding hydrogens is 266 g/mol. The summed E-state index contributed by atoms with van der Waals surface area (Å²) in [6, 6.07) is -0.388. The van der Waals surface area contributed by atoms with Crippen molar-refractivity contribution in [2.45, 2.75) is 70.6 Å². The number of fused-ring (bicyclic) bond motifs is 1. The Labute approximate surface area is 119 Å². The van der Waals surface area contributed by atoms with Crippen LogP contribution < -0.4 is 0 Å². The Morgan fingerprint density at radius 1 is 1.21 bits per heavy atom. The van der Waals surface area contributed by atoms with Crippen molar-refractivity contribution in [1.29, 1.82) is 0 Å². The summed E-state index contributed by atoms with van der Waals surface area (Å²) in [6.45, 7) is 5.49. The van der Waals surface area contributed by atoms with E-state index in [1.807, 2.05) is 20.8 Å². The summed E-state index contributed by atoms with van der Waals surface area (Å²) in [7, 11) is 0. The van der Waals surface area contributed by atoms with Crippen LogP contribution >= 0.6 is 11.6 Å². The number of nitrogens with zero attached hydrogens (tertiary/aromatic N) is 1. The second-order valence-electron chi connectivity index (χ2n) is 6.56. The molecule has 0 spiro atoms. The standard InChI is InChI=1S/C14H22ClNO3/c1-14(2,3)19-13(18)16-10-7-5-4-6-9(10)8-11(16)12(15)17/h9-11H,4-8H2,1-3H3/t9-,10-,11-/m0/s1. The average Bonchev–Trinajstić information content (AvgIpc) is 2.65. The topological polar surface area (TPSA) is 46.6 Å². The third-order valence-electron chi connectivity index (χ3n) is 3.95. The minimum Gasteiger partial charge on any atom is -0.444 e. The number of carbonyl (C=O) groups is 2. The zero-order valence-corrected chi connectivity index (χ0v) is 12.6. The molecule has 2 fully saturated rings. The first-order valence-corrected chi connectivity index (χ1v) is 7.38. The van der Waals surface area contributed by atoms with Gasteiger partial charge in [0.25, 0.3) is 0 Å². The highest BCUT2D eigenvalue weighted by Crippen LogP contribution is 2.41. The van der Waals surface area contributed by atoms with Crippen molar-refractivity contribution in [2.75, 3.05) is 0 Å². The molecular formula is C14H22ClNO3. The number of rotatable bonds is 1. The second kappa shape index (κ2) is 5.31. The summed E-state index contributed by atoms with van der Waals surface area (Å²) < 4.78 is 5.43. The van der Waals surface area contributed by atoms with Crippen molar-refractivity contribution >= 4 is 22.9 Å². The monoisotopic (exact) mass is 287 g/mol. The Kier molecular flexibility index (Phi) is 4.09. The molecule has 4 nitrogen and oxygen atoms in total. The molecule has 3 atom stereocenters. The molecule has 0 N–H and O–H groups in total. The number of likely N-dealkylation sites (tertiary alicyclic amines) is 1. The lowest BCUT2D eigenvalue weighted by Crippen LogP contribution is -2.47. The Bertz CT molecular complexity index is 377. The molecule has 19 heavy (non-hydrogen) atoms. The lowest BCUT2D eigenvalue weighted by Gasteiger charge is -2.34. The van der Waals surface area contributed by atoms with Crippen molar-refractivity contribution in [2.24, 2.45) is 5.92 Å². The molecule has 0 aromatic carbocycles. The van der Waals surface area contributed by atoms with Crippen molar-refractivity contribution in [3.8, 4) is 0 Å². The molecule has 1 heterocycles. The number of hydrogen-bond acceptors (Lipinski definition) is 3. The van der Waals surface area contributed by atoms with Gasteiger partial charge in [0.1, 0.15) is 11.6 Å². The minimum absolute atomic E-state index is 0.122. The first kappa shape index (κ1) is 14.6. The quantitative estimate of drug-likeness (QED) is 0.695. The SMILES string of the molecule is CC(C)(C)OC(=O)N1[C@H](C(=O)Cl)C[C@@H]2CCCC[C@@H]21. The summed E-state index contributed by atoms with van der Waals surface area (Å²) in [4.78, 5) is 25.5. The molecule has 0 unspecified atom stereocenters. The van der Waals surface area contributed by atoms with E-state index >= 15 is 0 Å². The minimum atomic E-state index is -0.552. The van der Waals surface area contributed by atoms with E-state index in [9.17, 15) is 9.59 Å². The van der Waals surface area contributed by atoms with E-state index in [0.717, 1.165) is 19.3 Å². The van der Waals surface area contributed by atoms with Gasteiger partial charge in [0.2, 0.25) is 5.24 Å². The predicted molar refractivity (Wildman–Crippen MR) is 73.1 cm³/mol. The van der Waals surface area contributed by atoms with Crippen molar-refractivity contribution in [1.82, 2.24) is 4.90 Å². The highest BCUT2D eigenvalue weighted by atomic mass is 35.5. The maximum atomic E-state index is 12.3. The molecule has 2 rings (SSSR count). The van der Waals surface area contributed by atoms with Crippen LogP contribution in [-0.4, -0.2) is 33.9 Å². The highest BCUT2D eigenvalue weighted by Gasteiger charge is 2.48. The first-order valence-electron chi connectivity index (χ1n) is 7.00. The number of carbonyl (C=O) groups excluding carboxylic acids is 2. The molecule has 0 radical (unpaired) electrons. The number of amides is 1. The maximum Gasteiger partial charge on any atom is 0.411 e. The lowest BCUT2D eigenvalue weighted by molar-refractivity contribution is -0.116. The Balaban J connectivity index is 2.17. The van der Waals surface area contributed by atoms with Gasteiger partial charge in [-0.3, -0.25) is 9.69 Å². The molecule has 1 aliphatic carbocycles. The van der Waals surface area contributed by atoms with Crippen molar-refractivity contribution in [3.05, 3.63) is 0 Å². The van der Waals surface area contributed by atoms with Crippen LogP contribution in [0.25, 0.3) is 0 Å². The zero-order chi connectivity index (χ0) is 14.2. The van der Waals surface area contributed by atoms with Gasteiger partial charge in [-0.1, -0.05) is 12.8 Å². The molecule has 1 amide bonds. The van der Waals surface area contributed by atoms with Gasteiger partial charge in [-0.05, 0) is 57.6 Å². The molecule has 1 aliphatic heterocycles. The zero-order valence-electron chi connectivity index (χ0n) is 11.8. The molecule has 1 saturated carbocycles. The fourth-order valence-electron chi connectivity index (χ4n) is 3.24. The van der Waals surface area contributed by atoms with Crippen LogP contribution in [0.1, 0.15) is 52.9 Å². The van der Waals surface area contributed by atoms with Crippen molar-refractivity contribution in [3.63, 3.8) is 0 Å². The van der Waals surface area contributed by atoms with Crippen LogP contribution in [0.5, 0.6) is 0 Å². The van der Waals surface area contributed by atoms with Gasteiger partial charge < -0.3 is 4.74 Å². The van der Waals surface area contributed by atoms with Crippen LogP contribution in [0.4, 0.5) is 4.79 Å². The van der Waals surface area contributed by atoms with Gasteiger partial charge in [0.15, 0.2) is 0 Å². The third kappa shape index (κ3) is 3.22. The summed E-state index contributed by atoms with van der Waals surface area (Å²) in [5.74, 6) is 0.397. The van der Waals surface area contributed by atoms with Crippen LogP contribution in [0.3, 0.4) is 0 Å². The second-order valence-corrected chi connectivity index (χ2v) is 6.93. The summed E-state index contributed by atoms with van der Waals surface area (Å²) in [5, 5.41) is -0.444. The van der Waals surface area contributed by atoms with E-state index in [0.29, 0.717) is 12.3 Å². The summed E-state index contributed by atoms with van der Waals surface area (Å²) in [5.41, 5.74) is -0.552. The van der Waals surface area contributed by atoms with Crippen LogP contribution in [0.15, 0.2) is 0 Å². The Hall–Kier alpha value is -0.770. The van der Waals surface area contributed by atoms with E-state index in [1.54, 1.807) is 4.90 Å². The van der Waals surface area contributed by atoms with Gasteiger partial charge in [-0.25, -0.2) is 4.79 Å². The number of ether oxygens (including phenoxy) is 1. The number of hydrogen-bond donors (Lipinski definition) is 0. The molecule has 108 valence electrons. The average molecular weight is 288 g/mol. The van der Waals surface area contributed by atoms with E-state index in [-0.39, 0.29) is 6.04 Å². The highest BCUT2D eigenvalue weighted by molar-refractivity contribution is 6.64. The van der Waals surface area contributed by atoms with E-state index in [4.69, 9.17) is 16.3 Å². The molecule has 1 saturated heterocycles. The van der Waals surface area contributed by atoms with Crippen LogP contribution in [-0.2, 0) is 9.53 Å². The number of halogens is 1. The largest absolute Gasteiger partial charge is 0.444 e. The normalized spacial score (nSPS) is 30.9. The lowest BCUT2D eigenvalue weighted by atomic mass is 9.85. The molecule has 5 heteroatoms. The molecule has 2 aliphatic rings. The van der Waals surface area contributed by atoms with Crippen LogP contribution in [0.2, 0.25) is 0 Å². The third-order valence-corrected chi connectivity index (χ3v) is 4.21. The molecule has 0 aromatic heterocycles. The van der Waals surface area contributed by atoms with E-state index < -0.39 is 23.0 Å². The Morgan fingerprint density at radius 2 is 1.84 bits per heavy atom. The summed E-state index contributed by atoms with van der Waals surface area (Å²) >= 11 is 5.67. The fourth-order valence-corrected chi connectivity index (χ4v) is 3.43. The molecule has 0 aromatic rings. The smallest absolute Gasteiger partial charge is 0.411 e. The van der Waals surface area contributed by atoms with Crippen molar-refractivity contribution < 1.29 is 14.3 Å². The van der Waals surface area contributed by atoms with Gasteiger partial charge in [0.05, 0.1) is 0 Å². The first-order chi connectivity index (χ1) is 8.79. The summed E-state index contributed by atoms with van der Waals surface area (Å²) in [6.07, 6.45) is 4.58. The van der Waals surface area contributed by atoms with Crippen LogP contribution in [0, 0.1) is 5.92 Å². The van der Waals surface area contributed by atoms with E-state index in [2.05, 4.69) is 0 Å². The van der Waals surface area contributed by atoms with Gasteiger partial charge in [0, 0.05) is 6.04 Å².